The number of H-pyrrole nitrogens is 1. The zero-order valence-corrected chi connectivity index (χ0v) is 10.3. The quantitative estimate of drug-likeness (QED) is 0.839. The van der Waals surface area contributed by atoms with Crippen molar-refractivity contribution in [2.75, 3.05) is 0 Å². The highest BCUT2D eigenvalue weighted by atomic mass is 16.1. The number of hydrogen-bond acceptors (Lipinski definition) is 3. The van der Waals surface area contributed by atoms with Gasteiger partial charge in [0.1, 0.15) is 0 Å². The number of rotatable bonds is 5. The summed E-state index contributed by atoms with van der Waals surface area (Å²) in [6.07, 6.45) is 8.18. The third-order valence-electron chi connectivity index (χ3n) is 2.76. The van der Waals surface area contributed by atoms with Gasteiger partial charge in [0.2, 0.25) is 5.91 Å². The molecule has 2 N–H and O–H groups in total. The van der Waals surface area contributed by atoms with E-state index in [4.69, 9.17) is 0 Å². The van der Waals surface area contributed by atoms with E-state index in [-0.39, 0.29) is 11.9 Å². The van der Waals surface area contributed by atoms with E-state index in [0.717, 1.165) is 11.1 Å². The van der Waals surface area contributed by atoms with Gasteiger partial charge in [0.25, 0.3) is 0 Å². The van der Waals surface area contributed by atoms with Crippen LogP contribution in [0.4, 0.5) is 0 Å². The van der Waals surface area contributed by atoms with Gasteiger partial charge in [0, 0.05) is 25.0 Å². The average Bonchev–Trinajstić information content (AvgIpc) is 2.90. The Kier molecular flexibility index (Phi) is 4.06. The molecule has 0 aliphatic carbocycles. The molecule has 0 aromatic carbocycles. The number of hydrogen-bond donors (Lipinski definition) is 2. The number of carbonyl (C=O) groups is 1. The Morgan fingerprint density at radius 1 is 1.50 bits per heavy atom. The van der Waals surface area contributed by atoms with Gasteiger partial charge < -0.3 is 5.32 Å². The molecule has 2 rings (SSSR count). The van der Waals surface area contributed by atoms with E-state index >= 15 is 0 Å². The van der Waals surface area contributed by atoms with Crippen LogP contribution >= 0.6 is 0 Å². The largest absolute Gasteiger partial charge is 0.350 e. The van der Waals surface area contributed by atoms with E-state index in [0.29, 0.717) is 12.8 Å². The second kappa shape index (κ2) is 5.95. The van der Waals surface area contributed by atoms with Gasteiger partial charge in [0.15, 0.2) is 0 Å². The van der Waals surface area contributed by atoms with Crippen molar-refractivity contribution in [2.45, 2.75) is 25.8 Å². The molecule has 2 aromatic heterocycles. The van der Waals surface area contributed by atoms with E-state index in [1.807, 2.05) is 19.1 Å². The normalized spacial score (nSPS) is 12.1. The third-order valence-corrected chi connectivity index (χ3v) is 2.76. The minimum absolute atomic E-state index is 0.0180. The van der Waals surface area contributed by atoms with Gasteiger partial charge in [-0.25, -0.2) is 0 Å². The molecule has 18 heavy (non-hydrogen) atoms. The Labute approximate surface area is 106 Å². The highest BCUT2D eigenvalue weighted by molar-refractivity contribution is 5.76. The SMILES string of the molecule is C[C@H](NC(=O)CCc1cn[nH]c1)c1cccnc1. The highest BCUT2D eigenvalue weighted by Crippen LogP contribution is 2.10. The van der Waals surface area contributed by atoms with Gasteiger partial charge in [0.05, 0.1) is 12.2 Å². The average molecular weight is 244 g/mol. The first-order valence-corrected chi connectivity index (χ1v) is 5.92. The summed E-state index contributed by atoms with van der Waals surface area (Å²) in [6.45, 7) is 1.95. The minimum atomic E-state index is -0.0180. The standard InChI is InChI=1S/C13H16N4O/c1-10(12-3-2-6-14-9-12)17-13(18)5-4-11-7-15-16-8-11/h2-3,6-10H,4-5H2,1H3,(H,15,16)(H,17,18)/t10-/m0/s1. The molecule has 0 saturated carbocycles. The van der Waals surface area contributed by atoms with Crippen molar-refractivity contribution in [3.63, 3.8) is 0 Å². The zero-order valence-electron chi connectivity index (χ0n) is 10.3. The fraction of sp³-hybridized carbons (Fsp3) is 0.308. The molecule has 0 unspecified atom stereocenters. The van der Waals surface area contributed by atoms with E-state index in [1.54, 1.807) is 24.8 Å². The molecule has 0 aliphatic heterocycles. The van der Waals surface area contributed by atoms with Crippen LogP contribution in [0.1, 0.15) is 30.5 Å². The third kappa shape index (κ3) is 3.41. The van der Waals surface area contributed by atoms with Crippen molar-refractivity contribution in [1.82, 2.24) is 20.5 Å². The van der Waals surface area contributed by atoms with E-state index in [9.17, 15) is 4.79 Å². The summed E-state index contributed by atoms with van der Waals surface area (Å²) in [6, 6.07) is 3.80. The number of aromatic amines is 1. The monoisotopic (exact) mass is 244 g/mol. The number of nitrogens with zero attached hydrogens (tertiary/aromatic N) is 2. The molecule has 1 atom stereocenters. The number of amides is 1. The topological polar surface area (TPSA) is 70.7 Å². The zero-order chi connectivity index (χ0) is 12.8. The fourth-order valence-electron chi connectivity index (χ4n) is 1.70. The predicted octanol–water partition coefficient (Wildman–Crippen LogP) is 1.61. The summed E-state index contributed by atoms with van der Waals surface area (Å²) in [5, 5.41) is 9.52. The van der Waals surface area contributed by atoms with Gasteiger partial charge in [-0.3, -0.25) is 14.9 Å². The van der Waals surface area contributed by atoms with Crippen LogP contribution in [0.15, 0.2) is 36.9 Å². The van der Waals surface area contributed by atoms with Crippen molar-refractivity contribution in [3.05, 3.63) is 48.0 Å². The fourth-order valence-corrected chi connectivity index (χ4v) is 1.70. The smallest absolute Gasteiger partial charge is 0.220 e. The van der Waals surface area contributed by atoms with Crippen LogP contribution in [0, 0.1) is 0 Å². The summed E-state index contributed by atoms with van der Waals surface area (Å²) in [5.74, 6) is 0.0348. The van der Waals surface area contributed by atoms with E-state index in [1.165, 1.54) is 0 Å². The van der Waals surface area contributed by atoms with Gasteiger partial charge in [-0.1, -0.05) is 6.07 Å². The Bertz CT molecular complexity index is 481. The highest BCUT2D eigenvalue weighted by Gasteiger charge is 2.09. The molecule has 1 amide bonds. The number of nitrogens with one attached hydrogen (secondary N) is 2. The van der Waals surface area contributed by atoms with E-state index < -0.39 is 0 Å². The second-order valence-electron chi connectivity index (χ2n) is 4.18. The number of pyridine rings is 1. The molecule has 5 heteroatoms. The van der Waals surface area contributed by atoms with Crippen LogP contribution in [0.5, 0.6) is 0 Å². The predicted molar refractivity (Wildman–Crippen MR) is 67.7 cm³/mol. The van der Waals surface area contributed by atoms with Gasteiger partial charge in [-0.15, -0.1) is 0 Å². The first-order valence-electron chi connectivity index (χ1n) is 5.92. The van der Waals surface area contributed by atoms with Crippen LogP contribution in [0.3, 0.4) is 0 Å². The maximum atomic E-state index is 11.8. The van der Waals surface area contributed by atoms with Crippen molar-refractivity contribution >= 4 is 5.91 Å². The summed E-state index contributed by atoms with van der Waals surface area (Å²) >= 11 is 0. The molecular formula is C13H16N4O. The maximum Gasteiger partial charge on any atom is 0.220 e. The minimum Gasteiger partial charge on any atom is -0.350 e. The van der Waals surface area contributed by atoms with Crippen LogP contribution in [-0.2, 0) is 11.2 Å². The maximum absolute atomic E-state index is 11.8. The molecule has 94 valence electrons. The summed E-state index contributed by atoms with van der Waals surface area (Å²) in [5.41, 5.74) is 2.05. The molecule has 0 spiro atoms. The molecule has 0 fully saturated rings. The Hall–Kier alpha value is -2.17. The van der Waals surface area contributed by atoms with Crippen molar-refractivity contribution in [3.8, 4) is 0 Å². The molecular weight excluding hydrogens is 228 g/mol. The van der Waals surface area contributed by atoms with Gasteiger partial charge in [-0.05, 0) is 30.5 Å². The van der Waals surface area contributed by atoms with Gasteiger partial charge >= 0.3 is 0 Å². The number of aromatic nitrogens is 3. The molecule has 5 nitrogen and oxygen atoms in total. The first-order chi connectivity index (χ1) is 8.75. The van der Waals surface area contributed by atoms with Crippen molar-refractivity contribution in [1.29, 1.82) is 0 Å². The van der Waals surface area contributed by atoms with Crippen LogP contribution in [0.25, 0.3) is 0 Å². The number of aryl methyl sites for hydroxylation is 1. The summed E-state index contributed by atoms with van der Waals surface area (Å²) in [4.78, 5) is 15.8. The lowest BCUT2D eigenvalue weighted by molar-refractivity contribution is -0.121. The van der Waals surface area contributed by atoms with Gasteiger partial charge in [-0.2, -0.15) is 5.10 Å². The number of carbonyl (C=O) groups excluding carboxylic acids is 1. The molecule has 0 radical (unpaired) electrons. The first kappa shape index (κ1) is 12.3. The Morgan fingerprint density at radius 3 is 3.06 bits per heavy atom. The summed E-state index contributed by atoms with van der Waals surface area (Å²) < 4.78 is 0. The molecule has 2 heterocycles. The van der Waals surface area contributed by atoms with E-state index in [2.05, 4.69) is 20.5 Å². The van der Waals surface area contributed by atoms with Crippen LogP contribution in [-0.4, -0.2) is 21.1 Å². The lowest BCUT2D eigenvalue weighted by Gasteiger charge is -2.13. The summed E-state index contributed by atoms with van der Waals surface area (Å²) in [7, 11) is 0. The second-order valence-corrected chi connectivity index (χ2v) is 4.18. The van der Waals surface area contributed by atoms with Crippen molar-refractivity contribution in [2.24, 2.45) is 0 Å². The van der Waals surface area contributed by atoms with Crippen molar-refractivity contribution < 1.29 is 4.79 Å². The molecule has 0 saturated heterocycles. The molecule has 2 aromatic rings. The lowest BCUT2D eigenvalue weighted by Crippen LogP contribution is -2.26. The molecule has 0 aliphatic rings. The Morgan fingerprint density at radius 2 is 2.39 bits per heavy atom. The lowest BCUT2D eigenvalue weighted by atomic mass is 10.1. The molecule has 0 bridgehead atoms. The Balaban J connectivity index is 1.80. The van der Waals surface area contributed by atoms with Crippen LogP contribution in [0.2, 0.25) is 0 Å². The van der Waals surface area contributed by atoms with Crippen LogP contribution < -0.4 is 5.32 Å².